The van der Waals surface area contributed by atoms with Gasteiger partial charge in [-0.25, -0.2) is 0 Å². The maximum Gasteiger partial charge on any atom is 0.225 e. The number of aryl methyl sites for hydroxylation is 1. The van der Waals surface area contributed by atoms with E-state index in [-0.39, 0.29) is 18.7 Å². The van der Waals surface area contributed by atoms with E-state index in [0.29, 0.717) is 0 Å². The molecule has 1 heterocycles. The zero-order valence-corrected chi connectivity index (χ0v) is 10.3. The highest BCUT2D eigenvalue weighted by atomic mass is 32.2. The predicted molar refractivity (Wildman–Crippen MR) is 69.0 cm³/mol. The van der Waals surface area contributed by atoms with Gasteiger partial charge in [-0.2, -0.15) is 5.26 Å². The van der Waals surface area contributed by atoms with Gasteiger partial charge in [-0.05, 0) is 42.4 Å². The largest absolute Gasteiger partial charge is 0.326 e. The molecule has 1 aromatic rings. The average Bonchev–Trinajstić information content (AvgIpc) is 2.36. The second kappa shape index (κ2) is 5.74. The van der Waals surface area contributed by atoms with E-state index in [1.807, 2.05) is 30.0 Å². The summed E-state index contributed by atoms with van der Waals surface area (Å²) in [6.07, 6.45) is 2.82. The molecule has 0 radical (unpaired) electrons. The molecule has 0 fully saturated rings. The van der Waals surface area contributed by atoms with Crippen LogP contribution in [0, 0.1) is 11.3 Å². The second-order valence-corrected chi connectivity index (χ2v) is 5.12. The highest BCUT2D eigenvalue weighted by Gasteiger charge is 2.10. The number of carbonyl (C=O) groups excluding carboxylic acids is 1. The van der Waals surface area contributed by atoms with Crippen LogP contribution in [0.4, 0.5) is 5.69 Å². The summed E-state index contributed by atoms with van der Waals surface area (Å²) in [5.41, 5.74) is 2.16. The molecule has 0 aromatic heterocycles. The molecule has 17 heavy (non-hydrogen) atoms. The van der Waals surface area contributed by atoms with Gasteiger partial charge in [0.15, 0.2) is 0 Å². The number of rotatable bonds is 3. The summed E-state index contributed by atoms with van der Waals surface area (Å²) < 4.78 is 0. The first kappa shape index (κ1) is 12.0. The van der Waals surface area contributed by atoms with Gasteiger partial charge in [0.1, 0.15) is 0 Å². The van der Waals surface area contributed by atoms with Crippen LogP contribution >= 0.6 is 11.8 Å². The molecule has 1 aromatic carbocycles. The summed E-state index contributed by atoms with van der Waals surface area (Å²) in [5.74, 6) is 1.09. The van der Waals surface area contributed by atoms with Crippen LogP contribution in [0.1, 0.15) is 24.8 Å². The number of hydrogen-bond acceptors (Lipinski definition) is 3. The Hall–Kier alpha value is -1.47. The van der Waals surface area contributed by atoms with Crippen molar-refractivity contribution >= 4 is 23.4 Å². The minimum Gasteiger partial charge on any atom is -0.326 e. The maximum absolute atomic E-state index is 11.5. The predicted octanol–water partition coefficient (Wildman–Crippen LogP) is 2.97. The standard InChI is InChI=1S/C13H14N2OS/c14-7-1-4-13(16)15-11-5-6-12-10(9-11)3-2-8-17-12/h5-6,9H,1-4,8H2,(H,15,16). The Kier molecular flexibility index (Phi) is 4.05. The third kappa shape index (κ3) is 3.24. The molecule has 0 bridgehead atoms. The molecular formula is C13H14N2OS. The molecule has 1 N–H and O–H groups in total. The van der Waals surface area contributed by atoms with Crippen molar-refractivity contribution in [2.45, 2.75) is 30.6 Å². The van der Waals surface area contributed by atoms with Crippen LogP contribution in [-0.4, -0.2) is 11.7 Å². The fraction of sp³-hybridized carbons (Fsp3) is 0.385. The Morgan fingerprint density at radius 2 is 2.41 bits per heavy atom. The molecule has 88 valence electrons. The Morgan fingerprint density at radius 3 is 3.24 bits per heavy atom. The first-order valence-electron chi connectivity index (χ1n) is 5.72. The number of hydrogen-bond donors (Lipinski definition) is 1. The zero-order valence-electron chi connectivity index (χ0n) is 9.53. The van der Waals surface area contributed by atoms with Crippen LogP contribution in [-0.2, 0) is 11.2 Å². The number of nitriles is 1. The van der Waals surface area contributed by atoms with Crippen molar-refractivity contribution in [2.24, 2.45) is 0 Å². The summed E-state index contributed by atoms with van der Waals surface area (Å²) >= 11 is 1.87. The number of nitrogens with one attached hydrogen (secondary N) is 1. The van der Waals surface area contributed by atoms with Crippen molar-refractivity contribution in [1.82, 2.24) is 0 Å². The summed E-state index contributed by atoms with van der Waals surface area (Å²) in [6, 6.07) is 8.02. The third-order valence-electron chi connectivity index (χ3n) is 2.66. The van der Waals surface area contributed by atoms with E-state index in [4.69, 9.17) is 5.26 Å². The molecule has 4 heteroatoms. The molecule has 0 unspecified atom stereocenters. The van der Waals surface area contributed by atoms with E-state index in [1.165, 1.54) is 22.6 Å². The van der Waals surface area contributed by atoms with Crippen molar-refractivity contribution in [2.75, 3.05) is 11.1 Å². The van der Waals surface area contributed by atoms with Gasteiger partial charge in [0.2, 0.25) is 5.91 Å². The van der Waals surface area contributed by atoms with Crippen LogP contribution in [0.3, 0.4) is 0 Å². The Labute approximate surface area is 105 Å². The molecular weight excluding hydrogens is 232 g/mol. The molecule has 0 saturated heterocycles. The molecule has 2 rings (SSSR count). The molecule has 1 amide bonds. The highest BCUT2D eigenvalue weighted by molar-refractivity contribution is 7.99. The van der Waals surface area contributed by atoms with Crippen molar-refractivity contribution in [1.29, 1.82) is 5.26 Å². The van der Waals surface area contributed by atoms with Crippen LogP contribution < -0.4 is 5.32 Å². The number of carbonyl (C=O) groups is 1. The molecule has 0 atom stereocenters. The van der Waals surface area contributed by atoms with E-state index >= 15 is 0 Å². The number of fused-ring (bicyclic) bond motifs is 1. The summed E-state index contributed by atoms with van der Waals surface area (Å²) in [4.78, 5) is 12.8. The van der Waals surface area contributed by atoms with E-state index < -0.39 is 0 Å². The van der Waals surface area contributed by atoms with Gasteiger partial charge in [-0.15, -0.1) is 11.8 Å². The Morgan fingerprint density at radius 1 is 1.53 bits per heavy atom. The average molecular weight is 246 g/mol. The maximum atomic E-state index is 11.5. The minimum atomic E-state index is -0.0880. The van der Waals surface area contributed by atoms with Gasteiger partial charge < -0.3 is 5.32 Å². The quantitative estimate of drug-likeness (QED) is 0.892. The zero-order chi connectivity index (χ0) is 12.1. The normalized spacial score (nSPS) is 13.6. The fourth-order valence-electron chi connectivity index (χ4n) is 1.83. The van der Waals surface area contributed by atoms with Crippen molar-refractivity contribution in [3.8, 4) is 6.07 Å². The lowest BCUT2D eigenvalue weighted by molar-refractivity contribution is -0.116. The lowest BCUT2D eigenvalue weighted by Gasteiger charge is -2.16. The molecule has 1 aliphatic heterocycles. The summed E-state index contributed by atoms with van der Waals surface area (Å²) in [6.45, 7) is 0. The molecule has 0 aliphatic carbocycles. The van der Waals surface area contributed by atoms with Gasteiger partial charge in [-0.1, -0.05) is 0 Å². The van der Waals surface area contributed by atoms with Crippen molar-refractivity contribution in [3.05, 3.63) is 23.8 Å². The smallest absolute Gasteiger partial charge is 0.225 e. The van der Waals surface area contributed by atoms with Gasteiger partial charge in [0.05, 0.1) is 6.07 Å². The number of thioether (sulfide) groups is 1. The van der Waals surface area contributed by atoms with Gasteiger partial charge in [0.25, 0.3) is 0 Å². The molecule has 3 nitrogen and oxygen atoms in total. The second-order valence-electron chi connectivity index (χ2n) is 3.98. The topological polar surface area (TPSA) is 52.9 Å². The van der Waals surface area contributed by atoms with E-state index in [0.717, 1.165) is 12.1 Å². The van der Waals surface area contributed by atoms with Crippen LogP contribution in [0.25, 0.3) is 0 Å². The van der Waals surface area contributed by atoms with E-state index in [2.05, 4.69) is 11.4 Å². The fourth-order valence-corrected chi connectivity index (χ4v) is 2.85. The van der Waals surface area contributed by atoms with Crippen LogP contribution in [0.2, 0.25) is 0 Å². The number of anilines is 1. The Bertz CT molecular complexity index is 465. The Balaban J connectivity index is 2.02. The number of amides is 1. The van der Waals surface area contributed by atoms with E-state index in [9.17, 15) is 4.79 Å². The SMILES string of the molecule is N#CCCC(=O)Nc1ccc2c(c1)CCCS2. The molecule has 0 saturated carbocycles. The van der Waals surface area contributed by atoms with Gasteiger partial charge in [0, 0.05) is 23.4 Å². The van der Waals surface area contributed by atoms with Crippen molar-refractivity contribution in [3.63, 3.8) is 0 Å². The number of nitrogens with zero attached hydrogens (tertiary/aromatic N) is 1. The first-order valence-corrected chi connectivity index (χ1v) is 6.70. The summed E-state index contributed by atoms with van der Waals surface area (Å²) in [5, 5.41) is 11.2. The van der Waals surface area contributed by atoms with E-state index in [1.54, 1.807) is 0 Å². The summed E-state index contributed by atoms with van der Waals surface area (Å²) in [7, 11) is 0. The minimum absolute atomic E-state index is 0.0880. The van der Waals surface area contributed by atoms with Gasteiger partial charge in [-0.3, -0.25) is 4.79 Å². The van der Waals surface area contributed by atoms with Crippen molar-refractivity contribution < 1.29 is 4.79 Å². The lowest BCUT2D eigenvalue weighted by Crippen LogP contribution is -2.11. The lowest BCUT2D eigenvalue weighted by atomic mass is 10.1. The number of benzene rings is 1. The highest BCUT2D eigenvalue weighted by Crippen LogP contribution is 2.31. The molecule has 1 aliphatic rings. The molecule has 0 spiro atoms. The monoisotopic (exact) mass is 246 g/mol. The van der Waals surface area contributed by atoms with Crippen LogP contribution in [0.15, 0.2) is 23.1 Å². The van der Waals surface area contributed by atoms with Crippen LogP contribution in [0.5, 0.6) is 0 Å². The first-order chi connectivity index (χ1) is 8.29. The van der Waals surface area contributed by atoms with Gasteiger partial charge >= 0.3 is 0 Å². The third-order valence-corrected chi connectivity index (χ3v) is 3.86.